The van der Waals surface area contributed by atoms with Crippen LogP contribution >= 0.6 is 0 Å². The molecule has 0 saturated carbocycles. The van der Waals surface area contributed by atoms with Crippen LogP contribution in [0.2, 0.25) is 0 Å². The van der Waals surface area contributed by atoms with Crippen LogP contribution in [-0.2, 0) is 6.54 Å². The third-order valence-electron chi connectivity index (χ3n) is 2.97. The molecule has 0 aliphatic rings. The van der Waals surface area contributed by atoms with Crippen molar-refractivity contribution in [2.45, 2.75) is 6.54 Å². The fourth-order valence-electron chi connectivity index (χ4n) is 2.01. The Morgan fingerprint density at radius 2 is 2.05 bits per heavy atom. The Kier molecular flexibility index (Phi) is 3.04. The van der Waals surface area contributed by atoms with Gasteiger partial charge in [-0.25, -0.2) is 9.97 Å². The summed E-state index contributed by atoms with van der Waals surface area (Å²) in [6.45, 7) is 0.378. The molecule has 0 saturated heterocycles. The van der Waals surface area contributed by atoms with Crippen molar-refractivity contribution in [3.05, 3.63) is 54.1 Å². The van der Waals surface area contributed by atoms with Crippen molar-refractivity contribution >= 4 is 22.6 Å². The number of amides is 1. The lowest BCUT2D eigenvalue weighted by Gasteiger charge is -2.04. The lowest BCUT2D eigenvalue weighted by Crippen LogP contribution is -2.25. The van der Waals surface area contributed by atoms with E-state index in [-0.39, 0.29) is 17.4 Å². The Morgan fingerprint density at radius 1 is 1.25 bits per heavy atom. The number of aromatic amines is 1. The van der Waals surface area contributed by atoms with Crippen LogP contribution in [0.3, 0.4) is 0 Å². The summed E-state index contributed by atoms with van der Waals surface area (Å²) < 4.78 is 0. The summed E-state index contributed by atoms with van der Waals surface area (Å²) in [7, 11) is 0. The molecule has 0 unspecified atom stereocenters. The molecule has 20 heavy (non-hydrogen) atoms. The number of nitrogens with two attached hydrogens (primary N) is 1. The molecule has 0 atom stereocenters. The van der Waals surface area contributed by atoms with E-state index in [1.165, 1.54) is 12.4 Å². The molecule has 0 aliphatic heterocycles. The Bertz CT molecular complexity index is 732. The number of rotatable bonds is 3. The summed E-state index contributed by atoms with van der Waals surface area (Å²) in [6.07, 6.45) is 2.89. The van der Waals surface area contributed by atoms with Crippen LogP contribution in [-0.4, -0.2) is 20.9 Å². The number of aromatic nitrogens is 3. The van der Waals surface area contributed by atoms with E-state index in [0.29, 0.717) is 6.54 Å². The van der Waals surface area contributed by atoms with Crippen LogP contribution in [0.15, 0.2) is 42.7 Å². The molecule has 0 aliphatic carbocycles. The SMILES string of the molecule is Nc1nccnc1C(=O)NCc1cc2ccccc2[nH]1. The fraction of sp³-hybridized carbons (Fsp3) is 0.0714. The summed E-state index contributed by atoms with van der Waals surface area (Å²) in [5.74, 6) is -0.212. The minimum absolute atomic E-state index is 0.127. The summed E-state index contributed by atoms with van der Waals surface area (Å²) in [5.41, 5.74) is 7.71. The summed E-state index contributed by atoms with van der Waals surface area (Å²) >= 11 is 0. The minimum atomic E-state index is -0.339. The highest BCUT2D eigenvalue weighted by Gasteiger charge is 2.11. The topological polar surface area (TPSA) is 96.7 Å². The van der Waals surface area contributed by atoms with Crippen LogP contribution in [0.25, 0.3) is 10.9 Å². The monoisotopic (exact) mass is 267 g/mol. The predicted molar refractivity (Wildman–Crippen MR) is 75.9 cm³/mol. The van der Waals surface area contributed by atoms with Gasteiger partial charge in [0.15, 0.2) is 11.5 Å². The van der Waals surface area contributed by atoms with Gasteiger partial charge in [-0.15, -0.1) is 0 Å². The normalized spacial score (nSPS) is 10.6. The first kappa shape index (κ1) is 12.2. The molecular formula is C14H13N5O. The van der Waals surface area contributed by atoms with Gasteiger partial charge in [0.2, 0.25) is 0 Å². The second-order valence-corrected chi connectivity index (χ2v) is 4.35. The molecule has 6 heteroatoms. The largest absolute Gasteiger partial charge is 0.382 e. The number of nitrogens with zero attached hydrogens (tertiary/aromatic N) is 2. The zero-order valence-corrected chi connectivity index (χ0v) is 10.6. The third kappa shape index (κ3) is 2.31. The molecule has 3 aromatic rings. The van der Waals surface area contributed by atoms with Crippen LogP contribution in [0.5, 0.6) is 0 Å². The van der Waals surface area contributed by atoms with Gasteiger partial charge in [0.25, 0.3) is 5.91 Å². The van der Waals surface area contributed by atoms with E-state index in [1.807, 2.05) is 30.3 Å². The quantitative estimate of drug-likeness (QED) is 0.669. The first-order chi connectivity index (χ1) is 9.74. The van der Waals surface area contributed by atoms with E-state index < -0.39 is 0 Å². The van der Waals surface area contributed by atoms with Crippen molar-refractivity contribution < 1.29 is 4.79 Å². The smallest absolute Gasteiger partial charge is 0.274 e. The maximum atomic E-state index is 11.9. The van der Waals surface area contributed by atoms with Gasteiger partial charge in [0.1, 0.15) is 0 Å². The highest BCUT2D eigenvalue weighted by atomic mass is 16.1. The van der Waals surface area contributed by atoms with E-state index in [0.717, 1.165) is 16.6 Å². The number of nitrogen functional groups attached to an aromatic ring is 1. The third-order valence-corrected chi connectivity index (χ3v) is 2.97. The van der Waals surface area contributed by atoms with Gasteiger partial charge >= 0.3 is 0 Å². The van der Waals surface area contributed by atoms with Crippen LogP contribution in [0.4, 0.5) is 5.82 Å². The molecule has 6 nitrogen and oxygen atoms in total. The van der Waals surface area contributed by atoms with Gasteiger partial charge in [-0.05, 0) is 17.5 Å². The van der Waals surface area contributed by atoms with Gasteiger partial charge in [0, 0.05) is 23.6 Å². The lowest BCUT2D eigenvalue weighted by molar-refractivity contribution is 0.0946. The Hall–Kier alpha value is -2.89. The van der Waals surface area contributed by atoms with Crippen LogP contribution in [0, 0.1) is 0 Å². The molecule has 4 N–H and O–H groups in total. The van der Waals surface area contributed by atoms with Gasteiger partial charge < -0.3 is 16.0 Å². The fourth-order valence-corrected chi connectivity index (χ4v) is 2.01. The summed E-state index contributed by atoms with van der Waals surface area (Å²) in [6, 6.07) is 9.93. The molecule has 2 heterocycles. The number of benzene rings is 1. The molecule has 2 aromatic heterocycles. The van der Waals surface area contributed by atoms with Crippen LogP contribution < -0.4 is 11.1 Å². The molecule has 1 amide bonds. The Balaban J connectivity index is 1.73. The average molecular weight is 267 g/mol. The summed E-state index contributed by atoms with van der Waals surface area (Å²) in [4.78, 5) is 22.9. The standard InChI is InChI=1S/C14H13N5O/c15-13-12(16-5-6-17-13)14(20)18-8-10-7-9-3-1-2-4-11(9)19-10/h1-7,19H,8H2,(H2,15,17)(H,18,20). The second kappa shape index (κ2) is 5.00. The highest BCUT2D eigenvalue weighted by molar-refractivity contribution is 5.96. The number of nitrogens with one attached hydrogen (secondary N) is 2. The van der Waals surface area contributed by atoms with Gasteiger partial charge in [-0.3, -0.25) is 4.79 Å². The molecule has 0 bridgehead atoms. The second-order valence-electron chi connectivity index (χ2n) is 4.35. The van der Waals surface area contributed by atoms with E-state index in [9.17, 15) is 4.79 Å². The molecule has 0 fully saturated rings. The van der Waals surface area contributed by atoms with Crippen molar-refractivity contribution in [2.24, 2.45) is 0 Å². The molecular weight excluding hydrogens is 254 g/mol. The van der Waals surface area contributed by atoms with Crippen molar-refractivity contribution in [1.29, 1.82) is 0 Å². The van der Waals surface area contributed by atoms with Gasteiger partial charge in [-0.1, -0.05) is 18.2 Å². The van der Waals surface area contributed by atoms with Gasteiger partial charge in [-0.2, -0.15) is 0 Å². The first-order valence-electron chi connectivity index (χ1n) is 6.15. The first-order valence-corrected chi connectivity index (χ1v) is 6.15. The Labute approximate surface area is 115 Å². The van der Waals surface area contributed by atoms with Crippen LogP contribution in [0.1, 0.15) is 16.2 Å². The maximum Gasteiger partial charge on any atom is 0.274 e. The van der Waals surface area contributed by atoms with Crippen molar-refractivity contribution in [3.63, 3.8) is 0 Å². The molecule has 0 radical (unpaired) electrons. The maximum absolute atomic E-state index is 11.9. The lowest BCUT2D eigenvalue weighted by atomic mass is 10.2. The average Bonchev–Trinajstić information content (AvgIpc) is 2.88. The van der Waals surface area contributed by atoms with E-state index in [4.69, 9.17) is 5.73 Å². The number of hydrogen-bond acceptors (Lipinski definition) is 4. The number of fused-ring (bicyclic) bond motifs is 1. The number of para-hydroxylation sites is 1. The number of carbonyl (C=O) groups is 1. The summed E-state index contributed by atoms with van der Waals surface area (Å²) in [5, 5.41) is 3.87. The molecule has 100 valence electrons. The number of hydrogen-bond donors (Lipinski definition) is 3. The van der Waals surface area contributed by atoms with E-state index in [1.54, 1.807) is 0 Å². The molecule has 1 aromatic carbocycles. The van der Waals surface area contributed by atoms with Crippen molar-refractivity contribution in [1.82, 2.24) is 20.3 Å². The van der Waals surface area contributed by atoms with Crippen molar-refractivity contribution in [2.75, 3.05) is 5.73 Å². The number of H-pyrrole nitrogens is 1. The zero-order chi connectivity index (χ0) is 13.9. The van der Waals surface area contributed by atoms with E-state index >= 15 is 0 Å². The highest BCUT2D eigenvalue weighted by Crippen LogP contribution is 2.14. The minimum Gasteiger partial charge on any atom is -0.382 e. The molecule has 0 spiro atoms. The number of anilines is 1. The van der Waals surface area contributed by atoms with E-state index in [2.05, 4.69) is 20.3 Å². The Morgan fingerprint density at radius 3 is 2.85 bits per heavy atom. The number of carbonyl (C=O) groups excluding carboxylic acids is 1. The molecule has 3 rings (SSSR count). The van der Waals surface area contributed by atoms with Gasteiger partial charge in [0.05, 0.1) is 6.54 Å². The van der Waals surface area contributed by atoms with Crippen molar-refractivity contribution in [3.8, 4) is 0 Å². The zero-order valence-electron chi connectivity index (χ0n) is 10.6. The predicted octanol–water partition coefficient (Wildman–Crippen LogP) is 1.47.